The van der Waals surface area contributed by atoms with E-state index in [1.807, 2.05) is 69.4 Å². The number of amides is 1. The van der Waals surface area contributed by atoms with Gasteiger partial charge in [0.1, 0.15) is 0 Å². The minimum absolute atomic E-state index is 0.150. The summed E-state index contributed by atoms with van der Waals surface area (Å²) in [6.45, 7) is 3.07. The Kier molecular flexibility index (Phi) is 5.61. The van der Waals surface area contributed by atoms with Crippen molar-refractivity contribution in [2.75, 3.05) is 31.1 Å². The highest BCUT2D eigenvalue weighted by Gasteiger charge is 2.22. The number of nitrogens with zero attached hydrogens (tertiary/aromatic N) is 4. The second kappa shape index (κ2) is 8.54. The maximum atomic E-state index is 13.0. The Balaban J connectivity index is 1.25. The maximum absolute atomic E-state index is 13.0. The van der Waals surface area contributed by atoms with Crippen LogP contribution in [0.1, 0.15) is 5.69 Å². The van der Waals surface area contributed by atoms with Gasteiger partial charge >= 0.3 is 0 Å². The fraction of sp³-hybridized carbons (Fsp3) is 0.217. The molecule has 0 saturated carbocycles. The maximum Gasteiger partial charge on any atom is 0.228 e. The van der Waals surface area contributed by atoms with E-state index in [1.54, 1.807) is 11.3 Å². The SMILES string of the molecule is O=C(Cc1csc2nc(-c3ccc(Cl)cc3)cn12)N1CCN(c2ccc(Cl)cc2)CC1. The number of hydrogen-bond donors (Lipinski definition) is 0. The first-order chi connectivity index (χ1) is 15.1. The average molecular weight is 471 g/mol. The van der Waals surface area contributed by atoms with E-state index in [2.05, 4.69) is 4.90 Å². The number of benzene rings is 2. The van der Waals surface area contributed by atoms with Gasteiger partial charge < -0.3 is 9.80 Å². The number of aromatic nitrogens is 2. The molecule has 1 aliphatic rings. The monoisotopic (exact) mass is 470 g/mol. The van der Waals surface area contributed by atoms with Gasteiger partial charge in [0.25, 0.3) is 0 Å². The minimum atomic E-state index is 0.150. The van der Waals surface area contributed by atoms with E-state index < -0.39 is 0 Å². The predicted molar refractivity (Wildman–Crippen MR) is 127 cm³/mol. The van der Waals surface area contributed by atoms with Gasteiger partial charge in [0.05, 0.1) is 12.1 Å². The quantitative estimate of drug-likeness (QED) is 0.408. The molecule has 1 fully saturated rings. The number of rotatable bonds is 4. The number of thiazole rings is 1. The van der Waals surface area contributed by atoms with Crippen molar-refractivity contribution < 1.29 is 4.79 Å². The summed E-state index contributed by atoms with van der Waals surface area (Å²) in [5.41, 5.74) is 4.01. The van der Waals surface area contributed by atoms with E-state index in [1.165, 1.54) is 0 Å². The molecular weight excluding hydrogens is 451 g/mol. The van der Waals surface area contributed by atoms with Gasteiger partial charge in [-0.3, -0.25) is 9.20 Å². The van der Waals surface area contributed by atoms with Gasteiger partial charge in [-0.25, -0.2) is 4.98 Å². The van der Waals surface area contributed by atoms with E-state index in [4.69, 9.17) is 28.2 Å². The molecule has 1 saturated heterocycles. The molecule has 2 aromatic heterocycles. The molecule has 2 aromatic carbocycles. The fourth-order valence-corrected chi connectivity index (χ4v) is 4.97. The summed E-state index contributed by atoms with van der Waals surface area (Å²) in [4.78, 5) is 22.8. The van der Waals surface area contributed by atoms with Crippen molar-refractivity contribution in [3.8, 4) is 11.3 Å². The highest BCUT2D eigenvalue weighted by Crippen LogP contribution is 2.26. The normalized spacial score (nSPS) is 14.4. The van der Waals surface area contributed by atoms with Crippen molar-refractivity contribution in [2.24, 2.45) is 0 Å². The molecule has 4 aromatic rings. The molecule has 31 heavy (non-hydrogen) atoms. The number of carbonyl (C=O) groups excluding carboxylic acids is 1. The minimum Gasteiger partial charge on any atom is -0.368 e. The number of halogens is 2. The molecule has 3 heterocycles. The van der Waals surface area contributed by atoms with E-state index in [0.29, 0.717) is 24.5 Å². The Bertz CT molecular complexity index is 1210. The van der Waals surface area contributed by atoms with Gasteiger partial charge in [0.15, 0.2) is 4.96 Å². The van der Waals surface area contributed by atoms with Crippen LogP contribution in [0.4, 0.5) is 5.69 Å². The Morgan fingerprint density at radius 1 is 0.935 bits per heavy atom. The number of imidazole rings is 1. The van der Waals surface area contributed by atoms with Crippen molar-refractivity contribution in [2.45, 2.75) is 6.42 Å². The molecular formula is C23H20Cl2N4OS. The van der Waals surface area contributed by atoms with Crippen LogP contribution in [-0.2, 0) is 11.2 Å². The molecule has 0 atom stereocenters. The van der Waals surface area contributed by atoms with Crippen LogP contribution < -0.4 is 4.90 Å². The molecule has 0 spiro atoms. The van der Waals surface area contributed by atoms with Crippen molar-refractivity contribution in [3.05, 3.63) is 75.8 Å². The Labute approximate surface area is 194 Å². The van der Waals surface area contributed by atoms with Crippen LogP contribution >= 0.6 is 34.5 Å². The molecule has 1 amide bonds. The van der Waals surface area contributed by atoms with Crippen LogP contribution in [0.25, 0.3) is 16.2 Å². The highest BCUT2D eigenvalue weighted by molar-refractivity contribution is 7.15. The lowest BCUT2D eigenvalue weighted by molar-refractivity contribution is -0.130. The Hall–Kier alpha value is -2.54. The highest BCUT2D eigenvalue weighted by atomic mass is 35.5. The average Bonchev–Trinajstić information content (AvgIpc) is 3.37. The summed E-state index contributed by atoms with van der Waals surface area (Å²) in [5, 5.41) is 3.46. The van der Waals surface area contributed by atoms with Crippen molar-refractivity contribution >= 4 is 51.1 Å². The van der Waals surface area contributed by atoms with Gasteiger partial charge in [-0.2, -0.15) is 0 Å². The zero-order chi connectivity index (χ0) is 21.4. The number of carbonyl (C=O) groups is 1. The van der Waals surface area contributed by atoms with Gasteiger partial charge in [-0.15, -0.1) is 11.3 Å². The van der Waals surface area contributed by atoms with Crippen LogP contribution in [0.15, 0.2) is 60.1 Å². The molecule has 0 unspecified atom stereocenters. The molecule has 0 N–H and O–H groups in total. The number of hydrogen-bond acceptors (Lipinski definition) is 4. The summed E-state index contributed by atoms with van der Waals surface area (Å²) < 4.78 is 2.02. The van der Waals surface area contributed by atoms with Crippen LogP contribution in [-0.4, -0.2) is 46.4 Å². The van der Waals surface area contributed by atoms with Crippen LogP contribution in [0.5, 0.6) is 0 Å². The van der Waals surface area contributed by atoms with Gasteiger partial charge in [0.2, 0.25) is 5.91 Å². The molecule has 0 radical (unpaired) electrons. The summed E-state index contributed by atoms with van der Waals surface area (Å²) in [5.74, 6) is 0.150. The first kappa shape index (κ1) is 20.4. The zero-order valence-electron chi connectivity index (χ0n) is 16.7. The molecule has 8 heteroatoms. The summed E-state index contributed by atoms with van der Waals surface area (Å²) in [6.07, 6.45) is 2.37. The first-order valence-electron chi connectivity index (χ1n) is 10.1. The van der Waals surface area contributed by atoms with E-state index in [0.717, 1.165) is 45.7 Å². The van der Waals surface area contributed by atoms with Crippen molar-refractivity contribution in [1.29, 1.82) is 0 Å². The standard InChI is InChI=1S/C23H20Cl2N4OS/c24-17-3-1-16(2-4-17)21-14-29-20(15-31-23(29)26-21)13-22(30)28-11-9-27(10-12-28)19-7-5-18(25)6-8-19/h1-8,14-15H,9-13H2. The molecule has 5 rings (SSSR count). The summed E-state index contributed by atoms with van der Waals surface area (Å²) in [6, 6.07) is 15.5. The van der Waals surface area contributed by atoms with Crippen molar-refractivity contribution in [1.82, 2.24) is 14.3 Å². The lowest BCUT2D eigenvalue weighted by Gasteiger charge is -2.36. The molecule has 1 aliphatic heterocycles. The largest absolute Gasteiger partial charge is 0.368 e. The van der Waals surface area contributed by atoms with Crippen molar-refractivity contribution in [3.63, 3.8) is 0 Å². The molecule has 5 nitrogen and oxygen atoms in total. The lowest BCUT2D eigenvalue weighted by atomic mass is 10.2. The van der Waals surface area contributed by atoms with Gasteiger partial charge in [-0.05, 0) is 36.4 Å². The number of piperazine rings is 1. The van der Waals surface area contributed by atoms with E-state index >= 15 is 0 Å². The first-order valence-corrected chi connectivity index (χ1v) is 11.7. The summed E-state index contributed by atoms with van der Waals surface area (Å²) in [7, 11) is 0. The topological polar surface area (TPSA) is 40.9 Å². The second-order valence-corrected chi connectivity index (χ2v) is 9.24. The fourth-order valence-electron chi connectivity index (χ4n) is 3.85. The third-order valence-corrected chi connectivity index (χ3v) is 6.97. The van der Waals surface area contributed by atoms with Crippen LogP contribution in [0.2, 0.25) is 10.0 Å². The Morgan fingerprint density at radius 3 is 2.26 bits per heavy atom. The Morgan fingerprint density at radius 2 is 1.58 bits per heavy atom. The van der Waals surface area contributed by atoms with Gasteiger partial charge in [-0.1, -0.05) is 35.3 Å². The third-order valence-electron chi connectivity index (χ3n) is 5.58. The third kappa shape index (κ3) is 4.28. The summed E-state index contributed by atoms with van der Waals surface area (Å²) >= 11 is 13.5. The molecule has 0 bridgehead atoms. The number of fused-ring (bicyclic) bond motifs is 1. The second-order valence-electron chi connectivity index (χ2n) is 7.53. The smallest absolute Gasteiger partial charge is 0.228 e. The lowest BCUT2D eigenvalue weighted by Crippen LogP contribution is -2.49. The molecule has 158 valence electrons. The van der Waals surface area contributed by atoms with Crippen LogP contribution in [0.3, 0.4) is 0 Å². The zero-order valence-corrected chi connectivity index (χ0v) is 19.0. The molecule has 0 aliphatic carbocycles. The number of anilines is 1. The van der Waals surface area contributed by atoms with Gasteiger partial charge in [0, 0.05) is 64.7 Å². The van der Waals surface area contributed by atoms with E-state index in [-0.39, 0.29) is 5.91 Å². The van der Waals surface area contributed by atoms with E-state index in [9.17, 15) is 4.79 Å². The predicted octanol–water partition coefficient (Wildman–Crippen LogP) is 5.26. The van der Waals surface area contributed by atoms with Crippen LogP contribution in [0, 0.1) is 0 Å².